The van der Waals surface area contributed by atoms with E-state index in [9.17, 15) is 4.79 Å². The number of halogens is 1. The molecule has 3 aromatic rings. The molecule has 0 aliphatic carbocycles. The maximum atomic E-state index is 13.0. The van der Waals surface area contributed by atoms with E-state index in [1.54, 1.807) is 0 Å². The fraction of sp³-hybridized carbons (Fsp3) is 0.400. The molecule has 0 spiro atoms. The highest BCUT2D eigenvalue weighted by Crippen LogP contribution is 2.31. The van der Waals surface area contributed by atoms with E-state index in [1.165, 1.54) is 27.7 Å². The first-order chi connectivity index (χ1) is 15.1. The zero-order chi connectivity index (χ0) is 21.4. The first-order valence-electron chi connectivity index (χ1n) is 11.2. The predicted octanol–water partition coefficient (Wildman–Crippen LogP) is 3.41. The normalized spacial score (nSPS) is 17.7. The molecule has 2 aromatic carbocycles. The van der Waals surface area contributed by atoms with Gasteiger partial charge in [-0.1, -0.05) is 29.8 Å². The number of hydrogen-bond donors (Lipinski definition) is 1. The van der Waals surface area contributed by atoms with Crippen LogP contribution in [-0.2, 0) is 31.1 Å². The van der Waals surface area contributed by atoms with Crippen LogP contribution in [0.15, 0.2) is 42.5 Å². The quantitative estimate of drug-likeness (QED) is 0.681. The Hall–Kier alpha value is -2.34. The Morgan fingerprint density at radius 3 is 2.65 bits per heavy atom. The summed E-state index contributed by atoms with van der Waals surface area (Å²) in [7, 11) is 2.16. The van der Waals surface area contributed by atoms with Crippen molar-refractivity contribution in [2.75, 3.05) is 44.2 Å². The summed E-state index contributed by atoms with van der Waals surface area (Å²) in [4.78, 5) is 17.2. The molecule has 1 saturated heterocycles. The van der Waals surface area contributed by atoms with E-state index in [4.69, 9.17) is 11.6 Å². The number of benzene rings is 2. The third-order valence-electron chi connectivity index (χ3n) is 6.75. The maximum absolute atomic E-state index is 13.0. The third-order valence-corrected chi connectivity index (χ3v) is 7.00. The fourth-order valence-corrected chi connectivity index (χ4v) is 5.12. The number of carbonyl (C=O) groups excluding carboxylic acids is 1. The predicted molar refractivity (Wildman–Crippen MR) is 127 cm³/mol. The second-order valence-electron chi connectivity index (χ2n) is 8.63. The van der Waals surface area contributed by atoms with Crippen LogP contribution in [0.4, 0.5) is 5.69 Å². The number of piperazine rings is 1. The largest absolute Gasteiger partial charge is 0.347 e. The number of hydrogen-bond acceptors (Lipinski definition) is 3. The molecule has 1 amide bonds. The molecule has 0 bridgehead atoms. The van der Waals surface area contributed by atoms with Crippen molar-refractivity contribution in [3.63, 3.8) is 0 Å². The molecule has 1 aromatic heterocycles. The van der Waals surface area contributed by atoms with Crippen molar-refractivity contribution in [3.05, 3.63) is 64.3 Å². The minimum Gasteiger partial charge on any atom is -0.347 e. The van der Waals surface area contributed by atoms with Gasteiger partial charge >= 0.3 is 0 Å². The number of aryl methyl sites for hydroxylation is 1. The first-order valence-corrected chi connectivity index (χ1v) is 11.6. The van der Waals surface area contributed by atoms with Gasteiger partial charge in [-0.3, -0.25) is 9.69 Å². The number of fused-ring (bicyclic) bond motifs is 3. The van der Waals surface area contributed by atoms with Gasteiger partial charge in [0.1, 0.15) is 0 Å². The Balaban J connectivity index is 1.29. The molecule has 162 valence electrons. The highest BCUT2D eigenvalue weighted by atomic mass is 35.5. The summed E-state index contributed by atoms with van der Waals surface area (Å²) in [5.74, 6) is 0.182. The number of rotatable bonds is 4. The first kappa shape index (κ1) is 20.6. The van der Waals surface area contributed by atoms with Gasteiger partial charge in [-0.05, 0) is 54.8 Å². The number of nitrogens with zero attached hydrogens (tertiary/aromatic N) is 3. The monoisotopic (exact) mass is 436 g/mol. The molecule has 3 heterocycles. The molecular weight excluding hydrogens is 408 g/mol. The van der Waals surface area contributed by atoms with Crippen LogP contribution in [0.1, 0.15) is 16.8 Å². The van der Waals surface area contributed by atoms with E-state index >= 15 is 0 Å². The molecule has 1 fully saturated rings. The standard InChI is InChI=1S/C25H29ClN4O/c1-28-23-9-12-27-11-8-22(23)21-7-6-20(16-24(21)28)30-15-14-29(17-25(30)31)13-10-18-2-4-19(26)5-3-18/h2-7,16,27H,8-15,17H2,1H3. The molecule has 5 rings (SSSR count). The van der Waals surface area contributed by atoms with Gasteiger partial charge in [0, 0.05) is 61.4 Å². The number of amides is 1. The zero-order valence-corrected chi connectivity index (χ0v) is 18.8. The van der Waals surface area contributed by atoms with Crippen molar-refractivity contribution in [1.29, 1.82) is 0 Å². The van der Waals surface area contributed by atoms with Gasteiger partial charge in [0.2, 0.25) is 5.91 Å². The summed E-state index contributed by atoms with van der Waals surface area (Å²) in [6, 6.07) is 14.5. The second kappa shape index (κ2) is 8.65. The van der Waals surface area contributed by atoms with E-state index < -0.39 is 0 Å². The van der Waals surface area contributed by atoms with E-state index in [1.807, 2.05) is 17.0 Å². The Morgan fingerprint density at radius 2 is 1.84 bits per heavy atom. The van der Waals surface area contributed by atoms with Crippen molar-refractivity contribution in [3.8, 4) is 0 Å². The summed E-state index contributed by atoms with van der Waals surface area (Å²) >= 11 is 5.97. The van der Waals surface area contributed by atoms with Crippen molar-refractivity contribution >= 4 is 34.1 Å². The molecule has 2 aliphatic heterocycles. The van der Waals surface area contributed by atoms with Gasteiger partial charge in [0.15, 0.2) is 0 Å². The SMILES string of the molecule is Cn1c2c(c3ccc(N4CCN(CCc5ccc(Cl)cc5)CC4=O)cc31)CCNCC2. The van der Waals surface area contributed by atoms with Crippen molar-refractivity contribution < 1.29 is 4.79 Å². The molecule has 2 aliphatic rings. The van der Waals surface area contributed by atoms with E-state index in [0.29, 0.717) is 6.54 Å². The molecular formula is C25H29ClN4O. The van der Waals surface area contributed by atoms with Crippen LogP contribution in [0.3, 0.4) is 0 Å². The number of carbonyl (C=O) groups is 1. The third kappa shape index (κ3) is 4.10. The van der Waals surface area contributed by atoms with Gasteiger partial charge in [-0.2, -0.15) is 0 Å². The zero-order valence-electron chi connectivity index (χ0n) is 18.0. The molecule has 5 nitrogen and oxygen atoms in total. The van der Waals surface area contributed by atoms with Gasteiger partial charge in [0.25, 0.3) is 0 Å². The average Bonchev–Trinajstić information content (AvgIpc) is 2.93. The van der Waals surface area contributed by atoms with Crippen LogP contribution in [0.2, 0.25) is 5.02 Å². The molecule has 0 atom stereocenters. The average molecular weight is 437 g/mol. The van der Waals surface area contributed by atoms with E-state index in [-0.39, 0.29) is 5.91 Å². The highest BCUT2D eigenvalue weighted by Gasteiger charge is 2.26. The number of nitrogens with one attached hydrogen (secondary N) is 1. The van der Waals surface area contributed by atoms with Gasteiger partial charge in [0.05, 0.1) is 12.1 Å². The summed E-state index contributed by atoms with van der Waals surface area (Å²) in [6.45, 7) is 5.05. The topological polar surface area (TPSA) is 40.5 Å². The van der Waals surface area contributed by atoms with Crippen LogP contribution >= 0.6 is 11.6 Å². The number of aromatic nitrogens is 1. The van der Waals surface area contributed by atoms with Crippen LogP contribution in [0.5, 0.6) is 0 Å². The lowest BCUT2D eigenvalue weighted by Gasteiger charge is -2.34. The number of anilines is 1. The summed E-state index contributed by atoms with van der Waals surface area (Å²) in [6.07, 6.45) is 3.05. The van der Waals surface area contributed by atoms with Crippen molar-refractivity contribution in [2.24, 2.45) is 7.05 Å². The molecule has 0 saturated carbocycles. The van der Waals surface area contributed by atoms with Gasteiger partial charge < -0.3 is 14.8 Å². The van der Waals surface area contributed by atoms with E-state index in [0.717, 1.165) is 62.7 Å². The second-order valence-corrected chi connectivity index (χ2v) is 9.07. The van der Waals surface area contributed by atoms with Gasteiger partial charge in [-0.25, -0.2) is 0 Å². The minimum absolute atomic E-state index is 0.182. The molecule has 0 radical (unpaired) electrons. The lowest BCUT2D eigenvalue weighted by Crippen LogP contribution is -2.50. The summed E-state index contributed by atoms with van der Waals surface area (Å²) in [5.41, 5.74) is 6.40. The molecule has 0 unspecified atom stereocenters. The van der Waals surface area contributed by atoms with Crippen molar-refractivity contribution in [1.82, 2.24) is 14.8 Å². The molecule has 6 heteroatoms. The summed E-state index contributed by atoms with van der Waals surface area (Å²) < 4.78 is 2.33. The Labute approximate surface area is 188 Å². The van der Waals surface area contributed by atoms with E-state index in [2.05, 4.69) is 52.2 Å². The molecule has 31 heavy (non-hydrogen) atoms. The Bertz CT molecular complexity index is 1100. The van der Waals surface area contributed by atoms with Gasteiger partial charge in [-0.15, -0.1) is 0 Å². The smallest absolute Gasteiger partial charge is 0.241 e. The molecule has 1 N–H and O–H groups in total. The van der Waals surface area contributed by atoms with Crippen LogP contribution in [0, 0.1) is 0 Å². The lowest BCUT2D eigenvalue weighted by molar-refractivity contribution is -0.121. The fourth-order valence-electron chi connectivity index (χ4n) is 4.99. The Kier molecular flexibility index (Phi) is 5.74. The lowest BCUT2D eigenvalue weighted by atomic mass is 10.1. The minimum atomic E-state index is 0.182. The summed E-state index contributed by atoms with van der Waals surface area (Å²) in [5, 5.41) is 5.58. The van der Waals surface area contributed by atoms with Crippen LogP contribution < -0.4 is 10.2 Å². The van der Waals surface area contributed by atoms with Crippen molar-refractivity contribution in [2.45, 2.75) is 19.3 Å². The Morgan fingerprint density at radius 1 is 1.03 bits per heavy atom. The van der Waals surface area contributed by atoms with Crippen LogP contribution in [-0.4, -0.2) is 54.6 Å². The highest BCUT2D eigenvalue weighted by molar-refractivity contribution is 6.30. The maximum Gasteiger partial charge on any atom is 0.241 e. The van der Waals surface area contributed by atoms with Crippen LogP contribution in [0.25, 0.3) is 10.9 Å².